The van der Waals surface area contributed by atoms with E-state index in [-0.39, 0.29) is 0 Å². The van der Waals surface area contributed by atoms with Gasteiger partial charge in [-0.3, -0.25) is 0 Å². The van der Waals surface area contributed by atoms with E-state index in [1.54, 1.807) is 11.3 Å². The van der Waals surface area contributed by atoms with Crippen molar-refractivity contribution in [3.05, 3.63) is 11.1 Å². The number of aromatic nitrogens is 1. The Balaban J connectivity index is 1.89. The van der Waals surface area contributed by atoms with Gasteiger partial charge in [0.15, 0.2) is 5.13 Å². The third-order valence-corrected chi connectivity index (χ3v) is 3.67. The summed E-state index contributed by atoms with van der Waals surface area (Å²) in [6, 6.07) is 0.767. The third-order valence-electron chi connectivity index (χ3n) is 2.72. The summed E-state index contributed by atoms with van der Waals surface area (Å²) in [4.78, 5) is 6.93. The number of hydrogen-bond acceptors (Lipinski definition) is 4. The van der Waals surface area contributed by atoms with Crippen LogP contribution in [0.15, 0.2) is 5.38 Å². The minimum atomic E-state index is 0.767. The number of anilines is 1. The van der Waals surface area contributed by atoms with Gasteiger partial charge in [-0.05, 0) is 26.7 Å². The summed E-state index contributed by atoms with van der Waals surface area (Å²) in [7, 11) is 0. The Morgan fingerprint density at radius 3 is 2.80 bits per heavy atom. The van der Waals surface area contributed by atoms with Crippen molar-refractivity contribution in [3.63, 3.8) is 0 Å². The van der Waals surface area contributed by atoms with Gasteiger partial charge in [0.2, 0.25) is 0 Å². The molecule has 0 amide bonds. The summed E-state index contributed by atoms with van der Waals surface area (Å²) in [6.45, 7) is 7.36. The van der Waals surface area contributed by atoms with Crippen molar-refractivity contribution in [2.75, 3.05) is 18.0 Å². The normalized spacial score (nSPS) is 15.6. The first kappa shape index (κ1) is 10.9. The lowest BCUT2D eigenvalue weighted by molar-refractivity contribution is 0.676. The molecule has 0 aliphatic heterocycles. The van der Waals surface area contributed by atoms with Crippen LogP contribution in [-0.2, 0) is 6.54 Å². The first-order valence-electron chi connectivity index (χ1n) is 5.76. The van der Waals surface area contributed by atoms with Crippen LogP contribution in [0.25, 0.3) is 0 Å². The molecule has 0 saturated heterocycles. The zero-order chi connectivity index (χ0) is 10.7. The average Bonchev–Trinajstić information content (AvgIpc) is 2.97. The van der Waals surface area contributed by atoms with Gasteiger partial charge in [-0.1, -0.05) is 0 Å². The lowest BCUT2D eigenvalue weighted by Crippen LogP contribution is -2.22. The topological polar surface area (TPSA) is 28.2 Å². The van der Waals surface area contributed by atoms with E-state index in [0.717, 1.165) is 30.8 Å². The summed E-state index contributed by atoms with van der Waals surface area (Å²) in [5.74, 6) is 0. The van der Waals surface area contributed by atoms with Crippen molar-refractivity contribution in [2.24, 2.45) is 0 Å². The Labute approximate surface area is 95.5 Å². The van der Waals surface area contributed by atoms with Crippen LogP contribution in [0.2, 0.25) is 0 Å². The number of nitrogens with one attached hydrogen (secondary N) is 1. The van der Waals surface area contributed by atoms with Crippen molar-refractivity contribution in [1.29, 1.82) is 0 Å². The Morgan fingerprint density at radius 2 is 2.20 bits per heavy atom. The molecule has 84 valence electrons. The molecule has 1 fully saturated rings. The minimum Gasteiger partial charge on any atom is -0.349 e. The average molecular weight is 225 g/mol. The van der Waals surface area contributed by atoms with Gasteiger partial charge in [-0.15, -0.1) is 11.3 Å². The van der Waals surface area contributed by atoms with Gasteiger partial charge in [0.1, 0.15) is 0 Å². The van der Waals surface area contributed by atoms with Gasteiger partial charge < -0.3 is 10.2 Å². The smallest absolute Gasteiger partial charge is 0.185 e. The van der Waals surface area contributed by atoms with Crippen molar-refractivity contribution in [1.82, 2.24) is 10.3 Å². The second kappa shape index (κ2) is 4.94. The van der Waals surface area contributed by atoms with Crippen LogP contribution in [0.4, 0.5) is 5.13 Å². The van der Waals surface area contributed by atoms with Crippen LogP contribution in [-0.4, -0.2) is 24.1 Å². The molecule has 1 heterocycles. The highest BCUT2D eigenvalue weighted by atomic mass is 32.1. The molecule has 1 N–H and O–H groups in total. The van der Waals surface area contributed by atoms with Gasteiger partial charge in [-0.2, -0.15) is 0 Å². The Bertz CT molecular complexity index is 303. The zero-order valence-corrected chi connectivity index (χ0v) is 10.3. The Hall–Kier alpha value is -0.610. The maximum Gasteiger partial charge on any atom is 0.185 e. The van der Waals surface area contributed by atoms with Crippen LogP contribution in [0.3, 0.4) is 0 Å². The van der Waals surface area contributed by atoms with E-state index < -0.39 is 0 Å². The molecule has 4 heteroatoms. The monoisotopic (exact) mass is 225 g/mol. The van der Waals surface area contributed by atoms with E-state index in [1.165, 1.54) is 18.5 Å². The lowest BCUT2D eigenvalue weighted by atomic mass is 10.5. The highest BCUT2D eigenvalue weighted by Crippen LogP contribution is 2.22. The summed E-state index contributed by atoms with van der Waals surface area (Å²) in [6.07, 6.45) is 2.68. The molecule has 15 heavy (non-hydrogen) atoms. The van der Waals surface area contributed by atoms with Gasteiger partial charge in [0, 0.05) is 31.1 Å². The molecule has 0 spiro atoms. The summed E-state index contributed by atoms with van der Waals surface area (Å²) < 4.78 is 0. The van der Waals surface area contributed by atoms with Crippen LogP contribution < -0.4 is 10.2 Å². The van der Waals surface area contributed by atoms with Crippen molar-refractivity contribution in [2.45, 2.75) is 39.3 Å². The maximum atomic E-state index is 4.63. The first-order chi connectivity index (χ1) is 7.33. The fourth-order valence-corrected chi connectivity index (χ4v) is 2.51. The van der Waals surface area contributed by atoms with Crippen LogP contribution in [0, 0.1) is 0 Å². The zero-order valence-electron chi connectivity index (χ0n) is 9.49. The molecule has 1 aromatic rings. The molecule has 0 unspecified atom stereocenters. The Kier molecular flexibility index (Phi) is 3.59. The van der Waals surface area contributed by atoms with Crippen LogP contribution >= 0.6 is 11.3 Å². The third kappa shape index (κ3) is 2.92. The minimum absolute atomic E-state index is 0.767. The molecule has 0 atom stereocenters. The predicted octanol–water partition coefficient (Wildman–Crippen LogP) is 2.24. The number of rotatable bonds is 6. The number of hydrogen-bond donors (Lipinski definition) is 1. The highest BCUT2D eigenvalue weighted by Gasteiger charge is 2.20. The number of nitrogens with zero attached hydrogens (tertiary/aromatic N) is 2. The van der Waals surface area contributed by atoms with E-state index >= 15 is 0 Å². The molecule has 1 aliphatic carbocycles. The van der Waals surface area contributed by atoms with Crippen molar-refractivity contribution >= 4 is 16.5 Å². The predicted molar refractivity (Wildman–Crippen MR) is 65.5 cm³/mol. The fraction of sp³-hybridized carbons (Fsp3) is 0.727. The second-order valence-corrected chi connectivity index (χ2v) is 4.79. The van der Waals surface area contributed by atoms with Crippen molar-refractivity contribution < 1.29 is 0 Å². The molecular formula is C11H19N3S. The molecule has 1 aliphatic rings. The van der Waals surface area contributed by atoms with E-state index in [9.17, 15) is 0 Å². The van der Waals surface area contributed by atoms with Crippen LogP contribution in [0.1, 0.15) is 32.4 Å². The van der Waals surface area contributed by atoms with E-state index in [2.05, 4.69) is 34.4 Å². The first-order valence-corrected chi connectivity index (χ1v) is 6.64. The van der Waals surface area contributed by atoms with E-state index in [4.69, 9.17) is 0 Å². The quantitative estimate of drug-likeness (QED) is 0.805. The molecule has 3 nitrogen and oxygen atoms in total. The van der Waals surface area contributed by atoms with Gasteiger partial charge in [-0.25, -0.2) is 4.98 Å². The highest BCUT2D eigenvalue weighted by molar-refractivity contribution is 7.13. The SMILES string of the molecule is CCN(CC)c1nc(CNC2CC2)cs1. The molecular weight excluding hydrogens is 206 g/mol. The van der Waals surface area contributed by atoms with Gasteiger partial charge in [0.25, 0.3) is 0 Å². The van der Waals surface area contributed by atoms with Crippen LogP contribution in [0.5, 0.6) is 0 Å². The summed E-state index contributed by atoms with van der Waals surface area (Å²) in [5, 5.41) is 6.82. The number of thiazole rings is 1. The Morgan fingerprint density at radius 1 is 1.47 bits per heavy atom. The summed E-state index contributed by atoms with van der Waals surface area (Å²) >= 11 is 1.75. The molecule has 1 aromatic heterocycles. The summed E-state index contributed by atoms with van der Waals surface area (Å²) in [5.41, 5.74) is 1.19. The molecule has 2 rings (SSSR count). The maximum absolute atomic E-state index is 4.63. The lowest BCUT2D eigenvalue weighted by Gasteiger charge is -2.16. The molecule has 1 saturated carbocycles. The fourth-order valence-electron chi connectivity index (χ4n) is 1.55. The van der Waals surface area contributed by atoms with Gasteiger partial charge in [0.05, 0.1) is 5.69 Å². The van der Waals surface area contributed by atoms with Crippen molar-refractivity contribution in [3.8, 4) is 0 Å². The molecule has 0 aromatic carbocycles. The molecule has 0 radical (unpaired) electrons. The van der Waals surface area contributed by atoms with Gasteiger partial charge >= 0.3 is 0 Å². The molecule has 0 bridgehead atoms. The largest absolute Gasteiger partial charge is 0.349 e. The second-order valence-electron chi connectivity index (χ2n) is 3.95. The van der Waals surface area contributed by atoms with E-state index in [1.807, 2.05) is 0 Å². The van der Waals surface area contributed by atoms with E-state index in [0.29, 0.717) is 0 Å². The standard InChI is InChI=1S/C11H19N3S/c1-3-14(4-2)11-13-10(8-15-11)7-12-9-5-6-9/h8-9,12H,3-7H2,1-2H3.